The Morgan fingerprint density at radius 1 is 1.35 bits per heavy atom. The predicted octanol–water partition coefficient (Wildman–Crippen LogP) is 1.30. The van der Waals surface area contributed by atoms with Crippen LogP contribution in [0.2, 0.25) is 0 Å². The normalized spacial score (nSPS) is 9.94. The highest BCUT2D eigenvalue weighted by atomic mass is 16.4. The number of carbonyl (C=O) groups is 2. The van der Waals surface area contributed by atoms with Crippen LogP contribution in [0.4, 0.5) is 0 Å². The Hall–Kier alpha value is -2.04. The van der Waals surface area contributed by atoms with E-state index in [-0.39, 0.29) is 18.1 Å². The molecular formula is C12H15NO4. The summed E-state index contributed by atoms with van der Waals surface area (Å²) in [5.41, 5.74) is 1.17. The second-order valence-electron chi connectivity index (χ2n) is 3.75. The van der Waals surface area contributed by atoms with Gasteiger partial charge in [0.15, 0.2) is 0 Å². The van der Waals surface area contributed by atoms with Crippen molar-refractivity contribution in [2.45, 2.75) is 19.8 Å². The molecule has 0 bridgehead atoms. The van der Waals surface area contributed by atoms with Gasteiger partial charge >= 0.3 is 5.97 Å². The molecule has 0 aromatic heterocycles. The van der Waals surface area contributed by atoms with Crippen molar-refractivity contribution in [2.24, 2.45) is 0 Å². The summed E-state index contributed by atoms with van der Waals surface area (Å²) >= 11 is 0. The molecule has 0 aliphatic carbocycles. The zero-order valence-corrected chi connectivity index (χ0v) is 9.56. The molecule has 0 radical (unpaired) electrons. The topological polar surface area (TPSA) is 86.6 Å². The van der Waals surface area contributed by atoms with Gasteiger partial charge in [0, 0.05) is 18.5 Å². The number of aromatic hydroxyl groups is 1. The maximum absolute atomic E-state index is 11.7. The van der Waals surface area contributed by atoms with Gasteiger partial charge < -0.3 is 15.5 Å². The Morgan fingerprint density at radius 3 is 2.65 bits per heavy atom. The molecule has 0 unspecified atom stereocenters. The fourth-order valence-electron chi connectivity index (χ4n) is 1.44. The summed E-state index contributed by atoms with van der Waals surface area (Å²) < 4.78 is 0. The standard InChI is InChI=1S/C12H15NO4/c1-8-7-9(14)4-5-10(8)12(17)13-6-2-3-11(15)16/h4-5,7,14H,2-3,6H2,1H3,(H,13,17)(H,15,16). The van der Waals surface area contributed by atoms with Gasteiger partial charge in [0.05, 0.1) is 0 Å². The molecule has 0 saturated carbocycles. The molecular weight excluding hydrogens is 222 g/mol. The minimum Gasteiger partial charge on any atom is -0.508 e. The van der Waals surface area contributed by atoms with Crippen LogP contribution in [-0.2, 0) is 4.79 Å². The van der Waals surface area contributed by atoms with Crippen LogP contribution >= 0.6 is 0 Å². The number of rotatable bonds is 5. The van der Waals surface area contributed by atoms with Crippen LogP contribution in [0, 0.1) is 6.92 Å². The van der Waals surface area contributed by atoms with Crippen molar-refractivity contribution < 1.29 is 19.8 Å². The van der Waals surface area contributed by atoms with Crippen LogP contribution in [0.25, 0.3) is 0 Å². The molecule has 1 amide bonds. The molecule has 0 heterocycles. The Labute approximate surface area is 99.1 Å². The Morgan fingerprint density at radius 2 is 2.06 bits per heavy atom. The molecule has 0 saturated heterocycles. The van der Waals surface area contributed by atoms with E-state index < -0.39 is 5.97 Å². The second-order valence-corrected chi connectivity index (χ2v) is 3.75. The fourth-order valence-corrected chi connectivity index (χ4v) is 1.44. The van der Waals surface area contributed by atoms with Crippen LogP contribution in [-0.4, -0.2) is 28.6 Å². The zero-order valence-electron chi connectivity index (χ0n) is 9.56. The van der Waals surface area contributed by atoms with E-state index in [1.165, 1.54) is 18.2 Å². The SMILES string of the molecule is Cc1cc(O)ccc1C(=O)NCCCC(=O)O. The van der Waals surface area contributed by atoms with E-state index >= 15 is 0 Å². The Kier molecular flexibility index (Phi) is 4.51. The third-order valence-electron chi connectivity index (χ3n) is 2.31. The van der Waals surface area contributed by atoms with Crippen molar-refractivity contribution in [2.75, 3.05) is 6.54 Å². The van der Waals surface area contributed by atoms with Crippen LogP contribution < -0.4 is 5.32 Å². The highest BCUT2D eigenvalue weighted by Crippen LogP contribution is 2.15. The minimum atomic E-state index is -0.875. The number of aryl methyl sites for hydroxylation is 1. The first-order chi connectivity index (χ1) is 8.00. The predicted molar refractivity (Wildman–Crippen MR) is 62.0 cm³/mol. The van der Waals surface area contributed by atoms with Crippen molar-refractivity contribution in [1.29, 1.82) is 0 Å². The van der Waals surface area contributed by atoms with E-state index in [2.05, 4.69) is 5.32 Å². The smallest absolute Gasteiger partial charge is 0.303 e. The fraction of sp³-hybridized carbons (Fsp3) is 0.333. The highest BCUT2D eigenvalue weighted by Gasteiger charge is 2.08. The lowest BCUT2D eigenvalue weighted by Crippen LogP contribution is -2.25. The van der Waals surface area contributed by atoms with Crippen molar-refractivity contribution in [3.8, 4) is 5.75 Å². The first-order valence-electron chi connectivity index (χ1n) is 5.30. The van der Waals surface area contributed by atoms with Crippen LogP contribution in [0.5, 0.6) is 5.75 Å². The molecule has 0 fully saturated rings. The average Bonchev–Trinajstić information content (AvgIpc) is 2.23. The molecule has 5 nitrogen and oxygen atoms in total. The van der Waals surface area contributed by atoms with E-state index in [1.807, 2.05) is 0 Å². The molecule has 92 valence electrons. The number of amides is 1. The maximum atomic E-state index is 11.7. The number of hydrogen-bond donors (Lipinski definition) is 3. The Bertz CT molecular complexity index is 429. The largest absolute Gasteiger partial charge is 0.508 e. The van der Waals surface area contributed by atoms with Crippen molar-refractivity contribution in [1.82, 2.24) is 5.32 Å². The molecule has 17 heavy (non-hydrogen) atoms. The molecule has 0 aliphatic heterocycles. The van der Waals surface area contributed by atoms with Crippen molar-refractivity contribution in [3.05, 3.63) is 29.3 Å². The van der Waals surface area contributed by atoms with E-state index in [1.54, 1.807) is 6.92 Å². The number of phenols is 1. The van der Waals surface area contributed by atoms with Crippen molar-refractivity contribution in [3.63, 3.8) is 0 Å². The second kappa shape index (κ2) is 5.89. The van der Waals surface area contributed by atoms with Gasteiger partial charge in [0.1, 0.15) is 5.75 Å². The minimum absolute atomic E-state index is 0.0365. The van der Waals surface area contributed by atoms with Gasteiger partial charge in [0.25, 0.3) is 5.91 Å². The van der Waals surface area contributed by atoms with E-state index in [9.17, 15) is 14.7 Å². The van der Waals surface area contributed by atoms with E-state index in [0.717, 1.165) is 0 Å². The summed E-state index contributed by atoms with van der Waals surface area (Å²) in [6.45, 7) is 2.05. The Balaban J connectivity index is 2.50. The summed E-state index contributed by atoms with van der Waals surface area (Å²) in [7, 11) is 0. The van der Waals surface area contributed by atoms with Gasteiger partial charge in [-0.05, 0) is 37.1 Å². The lowest BCUT2D eigenvalue weighted by Gasteiger charge is -2.07. The summed E-state index contributed by atoms with van der Waals surface area (Å²) in [6, 6.07) is 4.49. The lowest BCUT2D eigenvalue weighted by atomic mass is 10.1. The third-order valence-corrected chi connectivity index (χ3v) is 2.31. The summed E-state index contributed by atoms with van der Waals surface area (Å²) in [5.74, 6) is -1.02. The monoisotopic (exact) mass is 237 g/mol. The van der Waals surface area contributed by atoms with Gasteiger partial charge in [-0.25, -0.2) is 0 Å². The van der Waals surface area contributed by atoms with Gasteiger partial charge in [-0.3, -0.25) is 9.59 Å². The van der Waals surface area contributed by atoms with Gasteiger partial charge in [0.2, 0.25) is 0 Å². The molecule has 1 aromatic carbocycles. The van der Waals surface area contributed by atoms with E-state index in [0.29, 0.717) is 24.1 Å². The number of aliphatic carboxylic acids is 1. The average molecular weight is 237 g/mol. The third kappa shape index (κ3) is 4.14. The van der Waals surface area contributed by atoms with Gasteiger partial charge in [-0.2, -0.15) is 0 Å². The summed E-state index contributed by atoms with van der Waals surface area (Å²) in [4.78, 5) is 21.9. The molecule has 0 spiro atoms. The number of carbonyl (C=O) groups excluding carboxylic acids is 1. The molecule has 1 aromatic rings. The van der Waals surface area contributed by atoms with Crippen molar-refractivity contribution >= 4 is 11.9 Å². The molecule has 0 atom stereocenters. The van der Waals surface area contributed by atoms with Gasteiger partial charge in [-0.15, -0.1) is 0 Å². The molecule has 0 aliphatic rings. The number of carboxylic acid groups (broad SMARTS) is 1. The highest BCUT2D eigenvalue weighted by molar-refractivity contribution is 5.95. The van der Waals surface area contributed by atoms with Crippen LogP contribution in [0.15, 0.2) is 18.2 Å². The maximum Gasteiger partial charge on any atom is 0.303 e. The number of carboxylic acids is 1. The summed E-state index contributed by atoms with van der Waals surface area (Å²) in [6.07, 6.45) is 0.438. The zero-order chi connectivity index (χ0) is 12.8. The number of hydrogen-bond acceptors (Lipinski definition) is 3. The van der Waals surface area contributed by atoms with Crippen LogP contribution in [0.1, 0.15) is 28.8 Å². The first kappa shape index (κ1) is 13.0. The van der Waals surface area contributed by atoms with Gasteiger partial charge in [-0.1, -0.05) is 0 Å². The number of benzene rings is 1. The first-order valence-corrected chi connectivity index (χ1v) is 5.30. The molecule has 3 N–H and O–H groups in total. The lowest BCUT2D eigenvalue weighted by molar-refractivity contribution is -0.137. The molecule has 1 rings (SSSR count). The number of phenolic OH excluding ortho intramolecular Hbond substituents is 1. The van der Waals surface area contributed by atoms with E-state index in [4.69, 9.17) is 5.11 Å². The number of nitrogens with one attached hydrogen (secondary N) is 1. The summed E-state index contributed by atoms with van der Waals surface area (Å²) in [5, 5.41) is 20.3. The quantitative estimate of drug-likeness (QED) is 0.673. The van der Waals surface area contributed by atoms with Crippen LogP contribution in [0.3, 0.4) is 0 Å². The molecule has 5 heteroatoms.